The number of carboxylic acids is 1. The SMILES string of the molecule is O=C(NCC1(C(=O)N2[C@@H]3CC[C@H]2[C@@H](C(=O)O)C3)CCC1)OCC1c2ccccc2-c2ccccc21. The molecule has 2 aromatic rings. The van der Waals surface area contributed by atoms with Gasteiger partial charge < -0.3 is 20.1 Å². The van der Waals surface area contributed by atoms with Crippen molar-refractivity contribution in [2.75, 3.05) is 13.2 Å². The van der Waals surface area contributed by atoms with Gasteiger partial charge in [0.1, 0.15) is 6.61 Å². The van der Waals surface area contributed by atoms with Crippen LogP contribution in [0.15, 0.2) is 48.5 Å². The Bertz CT molecular complexity index is 1140. The highest BCUT2D eigenvalue weighted by Crippen LogP contribution is 2.49. The number of carboxylic acid groups (broad SMARTS) is 1. The molecule has 2 N–H and O–H groups in total. The zero-order valence-electron chi connectivity index (χ0n) is 19.6. The highest BCUT2D eigenvalue weighted by atomic mass is 16.5. The number of nitrogens with zero attached hydrogens (tertiary/aromatic N) is 1. The summed E-state index contributed by atoms with van der Waals surface area (Å²) in [5, 5.41) is 12.4. The number of aliphatic carboxylic acids is 1. The highest BCUT2D eigenvalue weighted by molar-refractivity contribution is 5.87. The maximum atomic E-state index is 13.6. The van der Waals surface area contributed by atoms with Crippen LogP contribution in [-0.4, -0.2) is 53.2 Å². The van der Waals surface area contributed by atoms with Crippen molar-refractivity contribution < 1.29 is 24.2 Å². The summed E-state index contributed by atoms with van der Waals surface area (Å²) >= 11 is 0. The molecule has 2 amide bonds. The Balaban J connectivity index is 1.10. The number of rotatable bonds is 6. The summed E-state index contributed by atoms with van der Waals surface area (Å²) in [7, 11) is 0. The minimum atomic E-state index is -0.811. The third kappa shape index (κ3) is 3.51. The second-order valence-corrected chi connectivity index (χ2v) is 10.5. The Hall–Kier alpha value is -3.35. The van der Waals surface area contributed by atoms with Gasteiger partial charge in [0, 0.05) is 24.5 Å². The van der Waals surface area contributed by atoms with E-state index < -0.39 is 23.4 Å². The number of ether oxygens (including phenoxy) is 1. The number of alkyl carbamates (subject to hydrolysis) is 1. The summed E-state index contributed by atoms with van der Waals surface area (Å²) in [5.41, 5.74) is 4.03. The highest BCUT2D eigenvalue weighted by Gasteiger charge is 2.56. The van der Waals surface area contributed by atoms with E-state index in [-0.39, 0.29) is 37.1 Å². The van der Waals surface area contributed by atoms with Gasteiger partial charge in [-0.2, -0.15) is 0 Å². The van der Waals surface area contributed by atoms with Crippen molar-refractivity contribution in [3.63, 3.8) is 0 Å². The van der Waals surface area contributed by atoms with Crippen molar-refractivity contribution >= 4 is 18.0 Å². The van der Waals surface area contributed by atoms with Crippen LogP contribution in [0.2, 0.25) is 0 Å². The quantitative estimate of drug-likeness (QED) is 0.656. The van der Waals surface area contributed by atoms with Gasteiger partial charge in [-0.05, 0) is 54.4 Å². The normalized spacial score (nSPS) is 25.5. The number of hydrogen-bond acceptors (Lipinski definition) is 4. The van der Waals surface area contributed by atoms with E-state index >= 15 is 0 Å². The van der Waals surface area contributed by atoms with Crippen LogP contribution in [0, 0.1) is 11.3 Å². The fourth-order valence-electron chi connectivity index (χ4n) is 6.81. The van der Waals surface area contributed by atoms with Crippen LogP contribution in [0.25, 0.3) is 11.1 Å². The first-order valence-electron chi connectivity index (χ1n) is 12.6. The predicted octanol–water partition coefficient (Wildman–Crippen LogP) is 4.16. The minimum Gasteiger partial charge on any atom is -0.481 e. The van der Waals surface area contributed by atoms with Crippen molar-refractivity contribution in [2.45, 2.75) is 56.5 Å². The second kappa shape index (κ2) is 8.40. The van der Waals surface area contributed by atoms with Crippen LogP contribution in [-0.2, 0) is 14.3 Å². The van der Waals surface area contributed by atoms with E-state index in [1.165, 1.54) is 11.1 Å². The summed E-state index contributed by atoms with van der Waals surface area (Å²) in [6, 6.07) is 16.2. The average Bonchev–Trinajstić information content (AvgIpc) is 3.51. The summed E-state index contributed by atoms with van der Waals surface area (Å²) in [4.78, 5) is 39.8. The molecule has 2 heterocycles. The lowest BCUT2D eigenvalue weighted by Crippen LogP contribution is -2.55. The molecule has 3 fully saturated rings. The molecule has 2 aliphatic carbocycles. The molecule has 6 rings (SSSR count). The van der Waals surface area contributed by atoms with E-state index in [0.717, 1.165) is 30.4 Å². The van der Waals surface area contributed by atoms with E-state index in [0.29, 0.717) is 19.3 Å². The Morgan fingerprint density at radius 3 is 2.23 bits per heavy atom. The van der Waals surface area contributed by atoms with Crippen molar-refractivity contribution in [1.29, 1.82) is 0 Å². The molecule has 7 heteroatoms. The van der Waals surface area contributed by atoms with Crippen molar-refractivity contribution in [2.24, 2.45) is 11.3 Å². The fourth-order valence-corrected chi connectivity index (χ4v) is 6.81. The van der Waals surface area contributed by atoms with Gasteiger partial charge in [0.15, 0.2) is 0 Å². The summed E-state index contributed by atoms with van der Waals surface area (Å²) in [5.74, 6) is -1.28. The number of hydrogen-bond donors (Lipinski definition) is 2. The standard InChI is InChI=1S/C28H30N2O5/c31-25(32)22-14-17-10-11-24(22)30(17)26(33)28(12-5-13-28)16-29-27(34)35-15-23-20-8-3-1-6-18(20)19-7-2-4-9-21(19)23/h1-4,6-9,17,22-24H,5,10-16H2,(H,29,34)(H,31,32)/t17-,22+,24+/m1/s1. The van der Waals surface area contributed by atoms with E-state index in [1.807, 2.05) is 29.2 Å². The molecule has 2 aliphatic heterocycles. The van der Waals surface area contributed by atoms with Gasteiger partial charge in [-0.3, -0.25) is 9.59 Å². The molecular weight excluding hydrogens is 444 g/mol. The third-order valence-electron chi connectivity index (χ3n) is 8.77. The molecule has 182 valence electrons. The molecule has 0 spiro atoms. The average molecular weight is 475 g/mol. The summed E-state index contributed by atoms with van der Waals surface area (Å²) in [6.07, 6.45) is 4.01. The first kappa shape index (κ1) is 22.1. The van der Waals surface area contributed by atoms with Gasteiger partial charge in [0.05, 0.1) is 11.3 Å². The summed E-state index contributed by atoms with van der Waals surface area (Å²) < 4.78 is 5.66. The molecule has 4 aliphatic rings. The Morgan fingerprint density at radius 2 is 1.66 bits per heavy atom. The van der Waals surface area contributed by atoms with Crippen LogP contribution in [0.3, 0.4) is 0 Å². The van der Waals surface area contributed by atoms with Crippen LogP contribution in [0.1, 0.15) is 55.6 Å². The van der Waals surface area contributed by atoms with Crippen LogP contribution in [0.4, 0.5) is 4.79 Å². The molecule has 0 radical (unpaired) electrons. The lowest BCUT2D eigenvalue weighted by molar-refractivity contribution is -0.149. The van der Waals surface area contributed by atoms with Gasteiger partial charge in [0.2, 0.25) is 5.91 Å². The lowest BCUT2D eigenvalue weighted by atomic mass is 9.67. The van der Waals surface area contributed by atoms with Gasteiger partial charge >= 0.3 is 12.1 Å². The number of amides is 2. The predicted molar refractivity (Wildman–Crippen MR) is 129 cm³/mol. The number of carbonyl (C=O) groups is 3. The third-order valence-corrected chi connectivity index (χ3v) is 8.77. The number of nitrogens with one attached hydrogen (secondary N) is 1. The van der Waals surface area contributed by atoms with Crippen LogP contribution >= 0.6 is 0 Å². The van der Waals surface area contributed by atoms with Crippen molar-refractivity contribution in [3.8, 4) is 11.1 Å². The van der Waals surface area contributed by atoms with Gasteiger partial charge in [-0.25, -0.2) is 4.79 Å². The molecule has 3 atom stereocenters. The maximum Gasteiger partial charge on any atom is 0.407 e. The van der Waals surface area contributed by atoms with Crippen molar-refractivity contribution in [3.05, 3.63) is 59.7 Å². The number of carbonyl (C=O) groups excluding carboxylic acids is 2. The molecular formula is C28H30N2O5. The minimum absolute atomic E-state index is 0.0129. The Kier molecular flexibility index (Phi) is 5.31. The van der Waals surface area contributed by atoms with E-state index in [9.17, 15) is 19.5 Å². The lowest BCUT2D eigenvalue weighted by Gasteiger charge is -2.44. The number of benzene rings is 2. The smallest absolute Gasteiger partial charge is 0.407 e. The molecule has 1 saturated carbocycles. The van der Waals surface area contributed by atoms with Gasteiger partial charge in [-0.1, -0.05) is 55.0 Å². The van der Waals surface area contributed by atoms with E-state index in [4.69, 9.17) is 4.74 Å². The zero-order valence-corrected chi connectivity index (χ0v) is 19.6. The Morgan fingerprint density at radius 1 is 1.00 bits per heavy atom. The first-order valence-corrected chi connectivity index (χ1v) is 12.6. The molecule has 35 heavy (non-hydrogen) atoms. The van der Waals surface area contributed by atoms with E-state index in [2.05, 4.69) is 29.6 Å². The first-order chi connectivity index (χ1) is 17.0. The largest absolute Gasteiger partial charge is 0.481 e. The monoisotopic (exact) mass is 474 g/mol. The molecule has 2 bridgehead atoms. The van der Waals surface area contributed by atoms with E-state index in [1.54, 1.807) is 0 Å². The number of fused-ring (bicyclic) bond motifs is 5. The Labute approximate surface area is 204 Å². The fraction of sp³-hybridized carbons (Fsp3) is 0.464. The van der Waals surface area contributed by atoms with Crippen LogP contribution in [0.5, 0.6) is 0 Å². The second-order valence-electron chi connectivity index (χ2n) is 10.5. The van der Waals surface area contributed by atoms with Gasteiger partial charge in [0.25, 0.3) is 0 Å². The molecule has 0 unspecified atom stereocenters. The molecule has 0 aromatic heterocycles. The molecule has 2 aromatic carbocycles. The zero-order chi connectivity index (χ0) is 24.2. The summed E-state index contributed by atoms with van der Waals surface area (Å²) in [6.45, 7) is 0.466. The molecule has 2 saturated heterocycles. The van der Waals surface area contributed by atoms with Gasteiger partial charge in [-0.15, -0.1) is 0 Å². The maximum absolute atomic E-state index is 13.6. The molecule has 7 nitrogen and oxygen atoms in total. The topological polar surface area (TPSA) is 95.9 Å². The van der Waals surface area contributed by atoms with Crippen molar-refractivity contribution in [1.82, 2.24) is 10.2 Å². The van der Waals surface area contributed by atoms with Crippen LogP contribution < -0.4 is 5.32 Å².